The van der Waals surface area contributed by atoms with Crippen molar-refractivity contribution in [2.75, 3.05) is 33.4 Å². The molecule has 0 amide bonds. The summed E-state index contributed by atoms with van der Waals surface area (Å²) in [6.07, 6.45) is 0.958. The van der Waals surface area contributed by atoms with Crippen molar-refractivity contribution in [2.24, 2.45) is 10.9 Å². The maximum Gasteiger partial charge on any atom is 0.191 e. The molecule has 0 aromatic heterocycles. The third kappa shape index (κ3) is 10.7. The lowest BCUT2D eigenvalue weighted by Crippen LogP contribution is -2.38. The molecule has 1 rings (SSSR count). The van der Waals surface area contributed by atoms with E-state index in [0.29, 0.717) is 12.5 Å². The predicted molar refractivity (Wildman–Crippen MR) is 112 cm³/mol. The number of benzene rings is 1. The Bertz CT molecular complexity index is 467. The van der Waals surface area contributed by atoms with E-state index in [-0.39, 0.29) is 24.0 Å². The van der Waals surface area contributed by atoms with Gasteiger partial charge >= 0.3 is 0 Å². The normalized spacial score (nSPS) is 11.1. The zero-order valence-corrected chi connectivity index (χ0v) is 17.6. The summed E-state index contributed by atoms with van der Waals surface area (Å²) in [5, 5.41) is 6.56. The van der Waals surface area contributed by atoms with Gasteiger partial charge in [0, 0.05) is 26.8 Å². The van der Waals surface area contributed by atoms with Crippen molar-refractivity contribution in [1.82, 2.24) is 10.6 Å². The highest BCUT2D eigenvalue weighted by atomic mass is 127. The zero-order chi connectivity index (χ0) is 16.9. The van der Waals surface area contributed by atoms with Crippen LogP contribution in [0.25, 0.3) is 0 Å². The Kier molecular flexibility index (Phi) is 13.7. The lowest BCUT2D eigenvalue weighted by Gasteiger charge is -2.12. The predicted octanol–water partition coefficient (Wildman–Crippen LogP) is 3.43. The van der Waals surface area contributed by atoms with E-state index in [1.54, 1.807) is 7.11 Å². The van der Waals surface area contributed by atoms with Crippen LogP contribution in [-0.4, -0.2) is 39.4 Å². The second-order valence-corrected chi connectivity index (χ2v) is 5.82. The number of halogens is 1. The molecule has 24 heavy (non-hydrogen) atoms. The fourth-order valence-corrected chi connectivity index (χ4v) is 1.93. The van der Waals surface area contributed by atoms with Crippen LogP contribution in [0.1, 0.15) is 32.8 Å². The molecule has 0 unspecified atom stereocenters. The number of ether oxygens (including phenoxy) is 2. The third-order valence-corrected chi connectivity index (χ3v) is 3.06. The summed E-state index contributed by atoms with van der Waals surface area (Å²) in [6.45, 7) is 10.1. The van der Waals surface area contributed by atoms with Gasteiger partial charge in [0.1, 0.15) is 5.75 Å². The van der Waals surface area contributed by atoms with Gasteiger partial charge in [-0.2, -0.15) is 0 Å². The topological polar surface area (TPSA) is 54.9 Å². The molecule has 0 heterocycles. The fourth-order valence-electron chi connectivity index (χ4n) is 1.93. The number of aliphatic imine (C=N–C) groups is 1. The Balaban J connectivity index is 0.00000529. The third-order valence-electron chi connectivity index (χ3n) is 3.06. The number of hydrogen-bond donors (Lipinski definition) is 2. The summed E-state index contributed by atoms with van der Waals surface area (Å²) in [7, 11) is 1.72. The van der Waals surface area contributed by atoms with Crippen molar-refractivity contribution in [3.05, 3.63) is 29.8 Å². The molecule has 0 bridgehead atoms. The molecule has 1 aromatic carbocycles. The summed E-state index contributed by atoms with van der Waals surface area (Å²) < 4.78 is 10.8. The number of nitrogens with zero attached hydrogens (tertiary/aromatic N) is 1. The van der Waals surface area contributed by atoms with Crippen LogP contribution in [-0.2, 0) is 11.3 Å². The number of methoxy groups -OCH3 is 1. The van der Waals surface area contributed by atoms with Crippen molar-refractivity contribution < 1.29 is 9.47 Å². The summed E-state index contributed by atoms with van der Waals surface area (Å²) in [4.78, 5) is 4.62. The minimum Gasteiger partial charge on any atom is -0.493 e. The average Bonchev–Trinajstić information content (AvgIpc) is 2.55. The first kappa shape index (κ1) is 23.0. The molecule has 0 saturated carbocycles. The molecule has 0 atom stereocenters. The Morgan fingerprint density at radius 2 is 2.04 bits per heavy atom. The van der Waals surface area contributed by atoms with Crippen molar-refractivity contribution in [2.45, 2.75) is 33.7 Å². The van der Waals surface area contributed by atoms with E-state index in [1.807, 2.05) is 12.1 Å². The first-order valence-electron chi connectivity index (χ1n) is 8.38. The van der Waals surface area contributed by atoms with E-state index in [9.17, 15) is 0 Å². The first-order chi connectivity index (χ1) is 11.2. The highest BCUT2D eigenvalue weighted by Gasteiger charge is 2.00. The van der Waals surface area contributed by atoms with E-state index in [2.05, 4.69) is 48.5 Å². The van der Waals surface area contributed by atoms with Gasteiger partial charge in [-0.3, -0.25) is 0 Å². The lowest BCUT2D eigenvalue weighted by atomic mass is 10.2. The smallest absolute Gasteiger partial charge is 0.191 e. The van der Waals surface area contributed by atoms with Gasteiger partial charge < -0.3 is 20.1 Å². The summed E-state index contributed by atoms with van der Waals surface area (Å²) >= 11 is 0. The van der Waals surface area contributed by atoms with Crippen molar-refractivity contribution in [3.63, 3.8) is 0 Å². The number of hydrogen-bond acceptors (Lipinski definition) is 3. The van der Waals surface area contributed by atoms with Crippen LogP contribution in [0.5, 0.6) is 5.75 Å². The number of nitrogens with one attached hydrogen (secondary N) is 2. The van der Waals surface area contributed by atoms with Gasteiger partial charge in [0.15, 0.2) is 5.96 Å². The van der Waals surface area contributed by atoms with Gasteiger partial charge in [-0.15, -0.1) is 24.0 Å². The quantitative estimate of drug-likeness (QED) is 0.249. The van der Waals surface area contributed by atoms with Gasteiger partial charge in [-0.05, 0) is 37.0 Å². The number of rotatable bonds is 10. The van der Waals surface area contributed by atoms with Gasteiger partial charge in [-0.25, -0.2) is 4.99 Å². The SMILES string of the molecule is CCNC(=NCc1cccc(OCC(C)C)c1)NCCCOC.I. The molecule has 1 aromatic rings. The molecule has 0 saturated heterocycles. The van der Waals surface area contributed by atoms with E-state index in [1.165, 1.54) is 0 Å². The van der Waals surface area contributed by atoms with Crippen LogP contribution in [0.3, 0.4) is 0 Å². The molecular formula is C18H32IN3O2. The molecule has 0 radical (unpaired) electrons. The molecule has 0 aliphatic heterocycles. The molecule has 0 fully saturated rings. The van der Waals surface area contributed by atoms with E-state index in [0.717, 1.165) is 50.0 Å². The van der Waals surface area contributed by atoms with E-state index in [4.69, 9.17) is 9.47 Å². The standard InChI is InChI=1S/C18H31N3O2.HI/c1-5-19-18(20-10-7-11-22-4)21-13-16-8-6-9-17(12-16)23-14-15(2)3;/h6,8-9,12,15H,5,7,10-11,13-14H2,1-4H3,(H2,19,20,21);1H. The molecule has 0 aliphatic rings. The minimum absolute atomic E-state index is 0. The summed E-state index contributed by atoms with van der Waals surface area (Å²) in [5.74, 6) is 2.26. The maximum absolute atomic E-state index is 5.76. The van der Waals surface area contributed by atoms with Gasteiger partial charge in [-0.1, -0.05) is 26.0 Å². The second-order valence-electron chi connectivity index (χ2n) is 5.82. The summed E-state index contributed by atoms with van der Waals surface area (Å²) in [6, 6.07) is 8.13. The van der Waals surface area contributed by atoms with E-state index < -0.39 is 0 Å². The van der Waals surface area contributed by atoms with Crippen LogP contribution in [0.15, 0.2) is 29.3 Å². The van der Waals surface area contributed by atoms with Crippen LogP contribution in [0, 0.1) is 5.92 Å². The largest absolute Gasteiger partial charge is 0.493 e. The minimum atomic E-state index is 0. The molecule has 6 heteroatoms. The van der Waals surface area contributed by atoms with Crippen LogP contribution in [0.4, 0.5) is 0 Å². The Morgan fingerprint density at radius 1 is 1.25 bits per heavy atom. The fraction of sp³-hybridized carbons (Fsp3) is 0.611. The Labute approximate surface area is 163 Å². The molecule has 2 N–H and O–H groups in total. The van der Waals surface area contributed by atoms with Gasteiger partial charge in [0.2, 0.25) is 0 Å². The number of guanidine groups is 1. The van der Waals surface area contributed by atoms with Crippen LogP contribution in [0.2, 0.25) is 0 Å². The van der Waals surface area contributed by atoms with Crippen LogP contribution < -0.4 is 15.4 Å². The van der Waals surface area contributed by atoms with Crippen molar-refractivity contribution >= 4 is 29.9 Å². The highest BCUT2D eigenvalue weighted by molar-refractivity contribution is 14.0. The monoisotopic (exact) mass is 449 g/mol. The first-order valence-corrected chi connectivity index (χ1v) is 8.38. The molecular weight excluding hydrogens is 417 g/mol. The molecule has 0 aliphatic carbocycles. The van der Waals surface area contributed by atoms with Gasteiger partial charge in [0.05, 0.1) is 13.2 Å². The Morgan fingerprint density at radius 3 is 2.71 bits per heavy atom. The zero-order valence-electron chi connectivity index (χ0n) is 15.3. The Hall–Kier alpha value is -1.02. The van der Waals surface area contributed by atoms with E-state index >= 15 is 0 Å². The molecule has 5 nitrogen and oxygen atoms in total. The van der Waals surface area contributed by atoms with Crippen molar-refractivity contribution in [1.29, 1.82) is 0 Å². The second kappa shape index (κ2) is 14.3. The van der Waals surface area contributed by atoms with Crippen LogP contribution >= 0.6 is 24.0 Å². The molecule has 0 spiro atoms. The van der Waals surface area contributed by atoms with Crippen molar-refractivity contribution in [3.8, 4) is 5.75 Å². The summed E-state index contributed by atoms with van der Waals surface area (Å²) in [5.41, 5.74) is 1.14. The lowest BCUT2D eigenvalue weighted by molar-refractivity contribution is 0.195. The molecule has 138 valence electrons. The van der Waals surface area contributed by atoms with Gasteiger partial charge in [0.25, 0.3) is 0 Å². The average molecular weight is 449 g/mol. The highest BCUT2D eigenvalue weighted by Crippen LogP contribution is 2.15. The maximum atomic E-state index is 5.76.